The van der Waals surface area contributed by atoms with Crippen molar-refractivity contribution < 1.29 is 4.92 Å². The van der Waals surface area contributed by atoms with Crippen molar-refractivity contribution in [1.29, 1.82) is 0 Å². The molecule has 2 heterocycles. The summed E-state index contributed by atoms with van der Waals surface area (Å²) in [5.74, 6) is 0.691. The number of aromatic nitrogens is 2. The summed E-state index contributed by atoms with van der Waals surface area (Å²) in [5.41, 5.74) is 0.801. The van der Waals surface area contributed by atoms with Gasteiger partial charge in [0, 0.05) is 18.3 Å². The van der Waals surface area contributed by atoms with E-state index < -0.39 is 4.92 Å². The normalized spacial score (nSPS) is 10.5. The number of non-ortho nitro benzene ring substituents is 1. The van der Waals surface area contributed by atoms with Gasteiger partial charge in [0.05, 0.1) is 15.1 Å². The molecule has 0 radical (unpaired) electrons. The van der Waals surface area contributed by atoms with Gasteiger partial charge in [-0.15, -0.1) is 0 Å². The van der Waals surface area contributed by atoms with Crippen molar-refractivity contribution in [1.82, 2.24) is 9.97 Å². The standard InChI is InChI=1S/C12H8N4O2S/c17-16(18)8-4-5-9-10(7-8)19-12(14-9)15-11-3-1-2-6-13-11/h1-7H,(H,13,14,15). The van der Waals surface area contributed by atoms with Crippen LogP contribution in [0.25, 0.3) is 10.2 Å². The van der Waals surface area contributed by atoms with Crippen LogP contribution >= 0.6 is 11.3 Å². The number of nitro groups is 1. The molecule has 19 heavy (non-hydrogen) atoms. The predicted octanol–water partition coefficient (Wildman–Crippen LogP) is 3.34. The van der Waals surface area contributed by atoms with Crippen molar-refractivity contribution in [3.8, 4) is 0 Å². The first-order valence-electron chi connectivity index (χ1n) is 5.45. The molecule has 0 saturated heterocycles. The second-order valence-electron chi connectivity index (χ2n) is 3.77. The van der Waals surface area contributed by atoms with Gasteiger partial charge in [0.2, 0.25) is 0 Å². The maximum atomic E-state index is 10.7. The Hall–Kier alpha value is -2.54. The van der Waals surface area contributed by atoms with Crippen molar-refractivity contribution in [2.45, 2.75) is 0 Å². The zero-order chi connectivity index (χ0) is 13.2. The number of hydrogen-bond donors (Lipinski definition) is 1. The first-order valence-corrected chi connectivity index (χ1v) is 6.27. The largest absolute Gasteiger partial charge is 0.316 e. The number of pyridine rings is 1. The van der Waals surface area contributed by atoms with Crippen molar-refractivity contribution in [2.75, 3.05) is 5.32 Å². The average Bonchev–Trinajstić information content (AvgIpc) is 2.80. The summed E-state index contributed by atoms with van der Waals surface area (Å²) in [6, 6.07) is 10.1. The Bertz CT molecular complexity index is 742. The van der Waals surface area contributed by atoms with Crippen LogP contribution in [0, 0.1) is 10.1 Å². The molecule has 1 N–H and O–H groups in total. The molecule has 0 amide bonds. The number of benzene rings is 1. The zero-order valence-electron chi connectivity index (χ0n) is 9.61. The minimum absolute atomic E-state index is 0.0699. The lowest BCUT2D eigenvalue weighted by Gasteiger charge is -1.98. The molecule has 1 aromatic carbocycles. The Morgan fingerprint density at radius 2 is 2.16 bits per heavy atom. The highest BCUT2D eigenvalue weighted by molar-refractivity contribution is 7.22. The van der Waals surface area contributed by atoms with E-state index in [0.29, 0.717) is 10.9 Å². The van der Waals surface area contributed by atoms with Crippen LogP contribution in [0.4, 0.5) is 16.6 Å². The lowest BCUT2D eigenvalue weighted by Crippen LogP contribution is -1.90. The third-order valence-electron chi connectivity index (χ3n) is 2.48. The molecular weight excluding hydrogens is 264 g/mol. The molecule has 0 bridgehead atoms. The minimum atomic E-state index is -0.412. The molecule has 3 aromatic rings. The summed E-state index contributed by atoms with van der Waals surface area (Å²) in [7, 11) is 0. The lowest BCUT2D eigenvalue weighted by atomic mass is 10.3. The van der Waals surface area contributed by atoms with Crippen LogP contribution in [-0.2, 0) is 0 Å². The van der Waals surface area contributed by atoms with E-state index in [0.717, 1.165) is 10.2 Å². The van der Waals surface area contributed by atoms with Gasteiger partial charge in [-0.2, -0.15) is 0 Å². The van der Waals surface area contributed by atoms with E-state index in [1.54, 1.807) is 12.3 Å². The van der Waals surface area contributed by atoms with Crippen LogP contribution in [0.15, 0.2) is 42.6 Å². The lowest BCUT2D eigenvalue weighted by molar-refractivity contribution is -0.384. The highest BCUT2D eigenvalue weighted by Gasteiger charge is 2.10. The number of thiazole rings is 1. The minimum Gasteiger partial charge on any atom is -0.316 e. The summed E-state index contributed by atoms with van der Waals surface area (Å²) in [6.45, 7) is 0. The van der Waals surface area contributed by atoms with E-state index in [2.05, 4.69) is 15.3 Å². The number of fused-ring (bicyclic) bond motifs is 1. The van der Waals surface area contributed by atoms with Crippen molar-refractivity contribution in [3.05, 3.63) is 52.7 Å². The summed E-state index contributed by atoms with van der Waals surface area (Å²) >= 11 is 1.36. The van der Waals surface area contributed by atoms with E-state index >= 15 is 0 Å². The second kappa shape index (κ2) is 4.62. The molecule has 0 atom stereocenters. The predicted molar refractivity (Wildman–Crippen MR) is 73.8 cm³/mol. The van der Waals surface area contributed by atoms with Crippen LogP contribution in [0.5, 0.6) is 0 Å². The maximum Gasteiger partial charge on any atom is 0.270 e. The third kappa shape index (κ3) is 2.36. The van der Waals surface area contributed by atoms with E-state index in [1.165, 1.54) is 23.5 Å². The van der Waals surface area contributed by atoms with Crippen molar-refractivity contribution >= 4 is 38.2 Å². The number of rotatable bonds is 3. The van der Waals surface area contributed by atoms with Crippen LogP contribution in [0.3, 0.4) is 0 Å². The monoisotopic (exact) mass is 272 g/mol. The van der Waals surface area contributed by atoms with Gasteiger partial charge in [0.25, 0.3) is 5.69 Å². The first kappa shape index (κ1) is 11.5. The van der Waals surface area contributed by atoms with Gasteiger partial charge in [-0.05, 0) is 18.2 Å². The quantitative estimate of drug-likeness (QED) is 0.584. The molecule has 0 fully saturated rings. The Morgan fingerprint density at radius 1 is 1.26 bits per heavy atom. The average molecular weight is 272 g/mol. The van der Waals surface area contributed by atoms with E-state index in [4.69, 9.17) is 0 Å². The van der Waals surface area contributed by atoms with E-state index in [1.807, 2.05) is 18.2 Å². The molecule has 0 unspecified atom stereocenters. The maximum absolute atomic E-state index is 10.7. The molecule has 3 rings (SSSR count). The van der Waals surface area contributed by atoms with Crippen LogP contribution < -0.4 is 5.32 Å². The summed E-state index contributed by atoms with van der Waals surface area (Å²) in [5, 5.41) is 14.4. The number of nitro benzene ring substituents is 1. The molecule has 0 aliphatic rings. The molecule has 0 aliphatic carbocycles. The van der Waals surface area contributed by atoms with Crippen molar-refractivity contribution in [2.24, 2.45) is 0 Å². The summed E-state index contributed by atoms with van der Waals surface area (Å²) < 4.78 is 0.771. The van der Waals surface area contributed by atoms with E-state index in [-0.39, 0.29) is 5.69 Å². The fraction of sp³-hybridized carbons (Fsp3) is 0. The van der Waals surface area contributed by atoms with Gasteiger partial charge < -0.3 is 5.32 Å². The Balaban J connectivity index is 1.95. The van der Waals surface area contributed by atoms with Gasteiger partial charge in [0.15, 0.2) is 5.13 Å². The smallest absolute Gasteiger partial charge is 0.270 e. The molecule has 0 aliphatic heterocycles. The van der Waals surface area contributed by atoms with Gasteiger partial charge in [-0.3, -0.25) is 10.1 Å². The molecule has 94 valence electrons. The van der Waals surface area contributed by atoms with Crippen LogP contribution in [-0.4, -0.2) is 14.9 Å². The Labute approximate surface area is 111 Å². The Morgan fingerprint density at radius 3 is 2.89 bits per heavy atom. The molecule has 2 aromatic heterocycles. The van der Waals surface area contributed by atoms with Gasteiger partial charge in [0.1, 0.15) is 5.82 Å². The number of nitrogens with one attached hydrogen (secondary N) is 1. The molecule has 6 nitrogen and oxygen atoms in total. The highest BCUT2D eigenvalue weighted by Crippen LogP contribution is 2.30. The summed E-state index contributed by atoms with van der Waals surface area (Å²) in [6.07, 6.45) is 1.68. The molecular formula is C12H8N4O2S. The number of anilines is 2. The number of hydrogen-bond acceptors (Lipinski definition) is 6. The molecule has 0 saturated carbocycles. The SMILES string of the molecule is O=[N+]([O-])c1ccc2nc(Nc3ccccn3)sc2c1. The second-order valence-corrected chi connectivity index (χ2v) is 4.80. The van der Waals surface area contributed by atoms with Gasteiger partial charge in [-0.1, -0.05) is 17.4 Å². The zero-order valence-corrected chi connectivity index (χ0v) is 10.4. The fourth-order valence-corrected chi connectivity index (χ4v) is 2.53. The highest BCUT2D eigenvalue weighted by atomic mass is 32.1. The number of nitrogens with zero attached hydrogens (tertiary/aromatic N) is 3. The first-order chi connectivity index (χ1) is 9.22. The van der Waals surface area contributed by atoms with Gasteiger partial charge >= 0.3 is 0 Å². The topological polar surface area (TPSA) is 81.0 Å². The third-order valence-corrected chi connectivity index (χ3v) is 3.42. The van der Waals surface area contributed by atoms with Crippen LogP contribution in [0.1, 0.15) is 0 Å². The molecule has 7 heteroatoms. The van der Waals surface area contributed by atoms with Crippen molar-refractivity contribution in [3.63, 3.8) is 0 Å². The Kier molecular flexibility index (Phi) is 2.81. The van der Waals surface area contributed by atoms with Crippen LogP contribution in [0.2, 0.25) is 0 Å². The molecule has 0 spiro atoms. The summed E-state index contributed by atoms with van der Waals surface area (Å²) in [4.78, 5) is 18.8. The van der Waals surface area contributed by atoms with E-state index in [9.17, 15) is 10.1 Å². The van der Waals surface area contributed by atoms with Gasteiger partial charge in [-0.25, -0.2) is 9.97 Å². The fourth-order valence-electron chi connectivity index (χ4n) is 1.63.